The Kier molecular flexibility index (Phi) is 10.8. The van der Waals surface area contributed by atoms with Crippen LogP contribution in [0.4, 0.5) is 0 Å². The van der Waals surface area contributed by atoms with Crippen LogP contribution in [0.3, 0.4) is 0 Å². The van der Waals surface area contributed by atoms with Crippen LogP contribution in [0.1, 0.15) is 121 Å². The molecule has 1 nitrogen and oxygen atoms in total. The fourth-order valence-corrected chi connectivity index (χ4v) is 5.83. The maximum Gasteiger partial charge on any atom is 0.0308 e. The monoisotopic (exact) mass is 433 g/mol. The Bertz CT molecular complexity index is 772. The minimum Gasteiger partial charge on any atom is -0.264 e. The smallest absolute Gasteiger partial charge is 0.0308 e. The molecule has 0 bridgehead atoms. The quantitative estimate of drug-likeness (QED) is 0.286. The Labute approximate surface area is 198 Å². The lowest BCUT2D eigenvalue weighted by Crippen LogP contribution is -2.20. The highest BCUT2D eigenvalue weighted by Gasteiger charge is 2.27. The molecular formula is C31H47N. The lowest BCUT2D eigenvalue weighted by atomic mass is 9.72. The van der Waals surface area contributed by atoms with Crippen molar-refractivity contribution in [3.8, 4) is 11.1 Å². The van der Waals surface area contributed by atoms with E-state index in [4.69, 9.17) is 0 Å². The molecule has 0 saturated heterocycles. The molecule has 0 N–H and O–H groups in total. The van der Waals surface area contributed by atoms with Gasteiger partial charge in [0, 0.05) is 12.4 Å². The number of unbranched alkanes of at least 4 members (excludes halogenated alkanes) is 6. The second-order valence-corrected chi connectivity index (χ2v) is 10.3. The summed E-state index contributed by atoms with van der Waals surface area (Å²) >= 11 is 0. The summed E-state index contributed by atoms with van der Waals surface area (Å²) in [5.41, 5.74) is 5.82. The highest BCUT2D eigenvalue weighted by Crippen LogP contribution is 2.42. The molecule has 3 rings (SSSR count). The third kappa shape index (κ3) is 7.19. The van der Waals surface area contributed by atoms with Gasteiger partial charge in [-0.1, -0.05) is 109 Å². The molecule has 0 spiro atoms. The van der Waals surface area contributed by atoms with Crippen molar-refractivity contribution in [1.29, 1.82) is 0 Å². The molecule has 0 aliphatic heterocycles. The Balaban J connectivity index is 1.59. The van der Waals surface area contributed by atoms with Crippen LogP contribution in [0.25, 0.3) is 11.1 Å². The molecule has 32 heavy (non-hydrogen) atoms. The first kappa shape index (κ1) is 25.0. The van der Waals surface area contributed by atoms with E-state index < -0.39 is 0 Å². The van der Waals surface area contributed by atoms with E-state index in [9.17, 15) is 0 Å². The fourth-order valence-electron chi connectivity index (χ4n) is 5.83. The number of rotatable bonds is 13. The molecule has 2 aromatic rings. The Morgan fingerprint density at radius 1 is 0.812 bits per heavy atom. The lowest BCUT2D eigenvalue weighted by molar-refractivity contribution is 0.236. The molecule has 1 aliphatic rings. The van der Waals surface area contributed by atoms with E-state index in [1.54, 1.807) is 0 Å². The van der Waals surface area contributed by atoms with Gasteiger partial charge in [0.15, 0.2) is 0 Å². The number of benzene rings is 1. The van der Waals surface area contributed by atoms with E-state index >= 15 is 0 Å². The van der Waals surface area contributed by atoms with Crippen LogP contribution in [-0.2, 0) is 6.42 Å². The van der Waals surface area contributed by atoms with Gasteiger partial charge in [-0.3, -0.25) is 4.98 Å². The third-order valence-electron chi connectivity index (χ3n) is 8.01. The molecule has 1 aliphatic carbocycles. The summed E-state index contributed by atoms with van der Waals surface area (Å²) in [7, 11) is 0. The van der Waals surface area contributed by atoms with Gasteiger partial charge in [-0.25, -0.2) is 0 Å². The van der Waals surface area contributed by atoms with E-state index in [0.717, 1.165) is 11.8 Å². The summed E-state index contributed by atoms with van der Waals surface area (Å²) in [5, 5.41) is 0. The molecule has 0 radical (unpaired) electrons. The first-order valence-corrected chi connectivity index (χ1v) is 13.8. The van der Waals surface area contributed by atoms with Crippen LogP contribution < -0.4 is 0 Å². The molecule has 1 aromatic carbocycles. The maximum absolute atomic E-state index is 4.56. The van der Waals surface area contributed by atoms with Gasteiger partial charge in [0.25, 0.3) is 0 Å². The zero-order valence-corrected chi connectivity index (χ0v) is 21.1. The molecule has 1 atom stereocenters. The number of pyridine rings is 1. The standard InChI is InChI=1S/C31H47N/c1-4-6-8-9-10-11-14-26-18-20-27(21-19-26)25(3)31-24-32-23-22-30(31)29-17-13-12-16-28(29)15-7-5-2/h12-13,16-17,22-27H,4-11,14-15,18-21H2,1-3H3. The predicted octanol–water partition coefficient (Wildman–Crippen LogP) is 9.75. The van der Waals surface area contributed by atoms with Crippen molar-refractivity contribution >= 4 is 0 Å². The summed E-state index contributed by atoms with van der Waals surface area (Å²) in [4.78, 5) is 4.56. The average Bonchev–Trinajstić information content (AvgIpc) is 2.85. The summed E-state index contributed by atoms with van der Waals surface area (Å²) < 4.78 is 0. The van der Waals surface area contributed by atoms with Crippen LogP contribution in [-0.4, -0.2) is 4.98 Å². The molecule has 1 heteroatoms. The summed E-state index contributed by atoms with van der Waals surface area (Å²) in [6.45, 7) is 7.05. The van der Waals surface area contributed by atoms with Crippen LogP contribution in [0.2, 0.25) is 0 Å². The van der Waals surface area contributed by atoms with E-state index in [-0.39, 0.29) is 0 Å². The zero-order valence-electron chi connectivity index (χ0n) is 21.1. The molecule has 1 heterocycles. The molecule has 1 unspecified atom stereocenters. The lowest BCUT2D eigenvalue weighted by Gasteiger charge is -2.33. The summed E-state index contributed by atoms with van der Waals surface area (Å²) in [6, 6.07) is 11.3. The normalized spacial score (nSPS) is 19.7. The molecular weight excluding hydrogens is 386 g/mol. The Hall–Kier alpha value is -1.63. The van der Waals surface area contributed by atoms with Crippen molar-refractivity contribution in [2.75, 3.05) is 0 Å². The number of aryl methyl sites for hydroxylation is 1. The minimum atomic E-state index is 0.591. The van der Waals surface area contributed by atoms with Gasteiger partial charge >= 0.3 is 0 Å². The molecule has 1 fully saturated rings. The second-order valence-electron chi connectivity index (χ2n) is 10.3. The van der Waals surface area contributed by atoms with Gasteiger partial charge in [0.2, 0.25) is 0 Å². The van der Waals surface area contributed by atoms with Crippen molar-refractivity contribution in [3.63, 3.8) is 0 Å². The maximum atomic E-state index is 4.56. The Morgan fingerprint density at radius 2 is 1.53 bits per heavy atom. The van der Waals surface area contributed by atoms with Crippen molar-refractivity contribution in [1.82, 2.24) is 4.98 Å². The van der Waals surface area contributed by atoms with Crippen LogP contribution in [0.5, 0.6) is 0 Å². The van der Waals surface area contributed by atoms with Crippen LogP contribution >= 0.6 is 0 Å². The number of hydrogen-bond acceptors (Lipinski definition) is 1. The first-order valence-electron chi connectivity index (χ1n) is 13.8. The summed E-state index contributed by atoms with van der Waals surface area (Å²) in [6.07, 6.45) is 23.5. The molecule has 1 aromatic heterocycles. The number of hydrogen-bond donors (Lipinski definition) is 0. The van der Waals surface area contributed by atoms with Gasteiger partial charge in [-0.2, -0.15) is 0 Å². The Morgan fingerprint density at radius 3 is 2.31 bits per heavy atom. The van der Waals surface area contributed by atoms with Crippen LogP contribution in [0, 0.1) is 11.8 Å². The summed E-state index contributed by atoms with van der Waals surface area (Å²) in [5.74, 6) is 2.38. The van der Waals surface area contributed by atoms with Crippen molar-refractivity contribution in [3.05, 3.63) is 53.9 Å². The first-order chi connectivity index (χ1) is 15.7. The average molecular weight is 434 g/mol. The van der Waals surface area contributed by atoms with Crippen molar-refractivity contribution in [2.45, 2.75) is 117 Å². The van der Waals surface area contributed by atoms with Gasteiger partial charge in [-0.15, -0.1) is 0 Å². The van der Waals surface area contributed by atoms with Gasteiger partial charge < -0.3 is 0 Å². The highest BCUT2D eigenvalue weighted by molar-refractivity contribution is 5.71. The highest BCUT2D eigenvalue weighted by atomic mass is 14.6. The third-order valence-corrected chi connectivity index (χ3v) is 8.01. The van der Waals surface area contributed by atoms with E-state index in [2.05, 4.69) is 62.3 Å². The zero-order chi connectivity index (χ0) is 22.6. The van der Waals surface area contributed by atoms with E-state index in [0.29, 0.717) is 5.92 Å². The van der Waals surface area contributed by atoms with Gasteiger partial charge in [0.05, 0.1) is 0 Å². The largest absolute Gasteiger partial charge is 0.264 e. The van der Waals surface area contributed by atoms with Gasteiger partial charge in [0.1, 0.15) is 0 Å². The van der Waals surface area contributed by atoms with Crippen LogP contribution in [0.15, 0.2) is 42.7 Å². The predicted molar refractivity (Wildman–Crippen MR) is 140 cm³/mol. The molecule has 1 saturated carbocycles. The number of aromatic nitrogens is 1. The SMILES string of the molecule is CCCCCCCCC1CCC(C(C)c2cnccc2-c2ccccc2CCCC)CC1. The molecule has 176 valence electrons. The topological polar surface area (TPSA) is 12.9 Å². The fraction of sp³-hybridized carbons (Fsp3) is 0.645. The second kappa shape index (κ2) is 13.8. The van der Waals surface area contributed by atoms with Crippen molar-refractivity contribution < 1.29 is 0 Å². The van der Waals surface area contributed by atoms with E-state index in [1.807, 2.05) is 6.20 Å². The number of nitrogens with zero attached hydrogens (tertiary/aromatic N) is 1. The molecule has 0 amide bonds. The van der Waals surface area contributed by atoms with Crippen molar-refractivity contribution in [2.24, 2.45) is 11.8 Å². The van der Waals surface area contributed by atoms with Gasteiger partial charge in [-0.05, 0) is 71.8 Å². The minimum absolute atomic E-state index is 0.591. The van der Waals surface area contributed by atoms with E-state index in [1.165, 1.54) is 112 Å².